The molecule has 1 rings (SSSR count). The van der Waals surface area contributed by atoms with Crippen molar-refractivity contribution in [3.05, 3.63) is 29.8 Å². The Hall–Kier alpha value is -1.06. The smallest absolute Gasteiger partial charge is 0.0524 e. The van der Waals surface area contributed by atoms with Crippen molar-refractivity contribution in [2.75, 3.05) is 25.5 Å². The number of hydrogen-bond donors (Lipinski definition) is 2. The van der Waals surface area contributed by atoms with Crippen LogP contribution < -0.4 is 10.2 Å². The van der Waals surface area contributed by atoms with Gasteiger partial charge in [-0.3, -0.25) is 0 Å². The highest BCUT2D eigenvalue weighted by Crippen LogP contribution is 2.11. The fraction of sp³-hybridized carbons (Fsp3) is 0.538. The van der Waals surface area contributed by atoms with Crippen LogP contribution in [0.4, 0.5) is 5.69 Å². The number of nitrogens with one attached hydrogen (secondary N) is 1. The summed E-state index contributed by atoms with van der Waals surface area (Å²) in [5, 5.41) is 12.4. The quantitative estimate of drug-likeness (QED) is 0.718. The molecule has 0 amide bonds. The van der Waals surface area contributed by atoms with Crippen LogP contribution in [0, 0.1) is 0 Å². The van der Waals surface area contributed by atoms with E-state index in [0.717, 1.165) is 19.5 Å². The van der Waals surface area contributed by atoms with Gasteiger partial charge in [0.2, 0.25) is 0 Å². The van der Waals surface area contributed by atoms with Gasteiger partial charge in [-0.05, 0) is 37.6 Å². The Morgan fingerprint density at radius 1 is 1.25 bits per heavy atom. The van der Waals surface area contributed by atoms with Gasteiger partial charge in [0.1, 0.15) is 0 Å². The van der Waals surface area contributed by atoms with Gasteiger partial charge < -0.3 is 15.3 Å². The van der Waals surface area contributed by atoms with Crippen molar-refractivity contribution in [1.29, 1.82) is 0 Å². The summed E-state index contributed by atoms with van der Waals surface area (Å²) >= 11 is 0. The van der Waals surface area contributed by atoms with Gasteiger partial charge in [0.15, 0.2) is 0 Å². The maximum Gasteiger partial charge on any atom is 0.0524 e. The maximum atomic E-state index is 9.10. The summed E-state index contributed by atoms with van der Waals surface area (Å²) in [5.41, 5.74) is 2.49. The molecule has 0 aliphatic carbocycles. The van der Waals surface area contributed by atoms with Crippen LogP contribution in [0.15, 0.2) is 24.3 Å². The van der Waals surface area contributed by atoms with Crippen molar-refractivity contribution in [2.45, 2.75) is 26.0 Å². The molecule has 0 saturated carbocycles. The van der Waals surface area contributed by atoms with E-state index in [-0.39, 0.29) is 6.10 Å². The summed E-state index contributed by atoms with van der Waals surface area (Å²) in [6, 6.07) is 8.49. The standard InChI is InChI=1S/C13H22N2O/c1-11(16)8-9-14-10-12-4-6-13(7-5-12)15(2)3/h4-7,11,14,16H,8-10H2,1-3H3. The van der Waals surface area contributed by atoms with Crippen LogP contribution in [0.1, 0.15) is 18.9 Å². The lowest BCUT2D eigenvalue weighted by molar-refractivity contribution is 0.183. The molecule has 0 aliphatic heterocycles. The normalized spacial score (nSPS) is 12.5. The molecule has 0 heterocycles. The number of anilines is 1. The third kappa shape index (κ3) is 4.64. The first-order valence-corrected chi connectivity index (χ1v) is 5.74. The minimum absolute atomic E-state index is 0.219. The fourth-order valence-corrected chi connectivity index (χ4v) is 1.46. The van der Waals surface area contributed by atoms with Crippen molar-refractivity contribution in [3.63, 3.8) is 0 Å². The zero-order valence-corrected chi connectivity index (χ0v) is 10.4. The minimum Gasteiger partial charge on any atom is -0.393 e. The second-order valence-corrected chi connectivity index (χ2v) is 4.38. The van der Waals surface area contributed by atoms with E-state index in [1.807, 2.05) is 21.0 Å². The third-order valence-electron chi connectivity index (χ3n) is 2.52. The van der Waals surface area contributed by atoms with Crippen molar-refractivity contribution >= 4 is 5.69 Å². The zero-order chi connectivity index (χ0) is 12.0. The Balaban J connectivity index is 2.32. The van der Waals surface area contributed by atoms with Crippen LogP contribution in [0.3, 0.4) is 0 Å². The maximum absolute atomic E-state index is 9.10. The van der Waals surface area contributed by atoms with Crippen molar-refractivity contribution in [1.82, 2.24) is 5.32 Å². The molecule has 0 fully saturated rings. The Bertz CT molecular complexity index is 293. The third-order valence-corrected chi connectivity index (χ3v) is 2.52. The Morgan fingerprint density at radius 2 is 1.88 bits per heavy atom. The van der Waals surface area contributed by atoms with Gasteiger partial charge in [-0.2, -0.15) is 0 Å². The van der Waals surface area contributed by atoms with E-state index in [1.54, 1.807) is 0 Å². The topological polar surface area (TPSA) is 35.5 Å². The predicted molar refractivity (Wildman–Crippen MR) is 68.8 cm³/mol. The molecule has 90 valence electrons. The number of aliphatic hydroxyl groups excluding tert-OH is 1. The van der Waals surface area contributed by atoms with E-state index >= 15 is 0 Å². The van der Waals surface area contributed by atoms with Gasteiger partial charge in [-0.15, -0.1) is 0 Å². The lowest BCUT2D eigenvalue weighted by Crippen LogP contribution is -2.18. The largest absolute Gasteiger partial charge is 0.393 e. The molecule has 0 saturated heterocycles. The highest BCUT2D eigenvalue weighted by Gasteiger charge is 1.97. The Labute approximate surface area is 98.1 Å². The van der Waals surface area contributed by atoms with Crippen LogP contribution in [0.5, 0.6) is 0 Å². The molecule has 3 heteroatoms. The predicted octanol–water partition coefficient (Wildman–Crippen LogP) is 1.61. The minimum atomic E-state index is -0.219. The molecule has 16 heavy (non-hydrogen) atoms. The van der Waals surface area contributed by atoms with Crippen LogP contribution in [-0.2, 0) is 6.54 Å². The van der Waals surface area contributed by atoms with Gasteiger partial charge >= 0.3 is 0 Å². The molecule has 1 unspecified atom stereocenters. The van der Waals surface area contributed by atoms with E-state index in [0.29, 0.717) is 0 Å². The lowest BCUT2D eigenvalue weighted by Gasteiger charge is -2.13. The Kier molecular flexibility index (Phi) is 5.29. The monoisotopic (exact) mass is 222 g/mol. The molecule has 0 bridgehead atoms. The highest BCUT2D eigenvalue weighted by atomic mass is 16.3. The first-order valence-electron chi connectivity index (χ1n) is 5.74. The van der Waals surface area contributed by atoms with Gasteiger partial charge in [-0.25, -0.2) is 0 Å². The zero-order valence-electron chi connectivity index (χ0n) is 10.4. The summed E-state index contributed by atoms with van der Waals surface area (Å²) < 4.78 is 0. The number of rotatable bonds is 6. The van der Waals surface area contributed by atoms with Crippen LogP contribution in [0.25, 0.3) is 0 Å². The second-order valence-electron chi connectivity index (χ2n) is 4.38. The average molecular weight is 222 g/mol. The molecule has 0 radical (unpaired) electrons. The number of benzene rings is 1. The number of aliphatic hydroxyl groups is 1. The average Bonchev–Trinajstić information content (AvgIpc) is 2.25. The van der Waals surface area contributed by atoms with Crippen molar-refractivity contribution < 1.29 is 5.11 Å². The van der Waals surface area contributed by atoms with E-state index in [9.17, 15) is 0 Å². The Morgan fingerprint density at radius 3 is 2.38 bits per heavy atom. The van der Waals surface area contributed by atoms with Gasteiger partial charge in [0, 0.05) is 26.3 Å². The number of hydrogen-bond acceptors (Lipinski definition) is 3. The van der Waals surface area contributed by atoms with Crippen LogP contribution in [-0.4, -0.2) is 31.9 Å². The number of nitrogens with zero attached hydrogens (tertiary/aromatic N) is 1. The summed E-state index contributed by atoms with van der Waals surface area (Å²) in [5.74, 6) is 0. The SMILES string of the molecule is CC(O)CCNCc1ccc(N(C)C)cc1. The van der Waals surface area contributed by atoms with E-state index in [2.05, 4.69) is 34.5 Å². The van der Waals surface area contributed by atoms with Gasteiger partial charge in [0.25, 0.3) is 0 Å². The molecular formula is C13H22N2O. The highest BCUT2D eigenvalue weighted by molar-refractivity contribution is 5.45. The molecule has 1 aromatic rings. The molecule has 0 spiro atoms. The first kappa shape index (κ1) is 13.0. The summed E-state index contributed by atoms with van der Waals surface area (Å²) in [4.78, 5) is 2.09. The van der Waals surface area contributed by atoms with E-state index in [4.69, 9.17) is 5.11 Å². The molecule has 0 aliphatic rings. The van der Waals surface area contributed by atoms with Crippen molar-refractivity contribution in [2.24, 2.45) is 0 Å². The second kappa shape index (κ2) is 6.51. The molecular weight excluding hydrogens is 200 g/mol. The summed E-state index contributed by atoms with van der Waals surface area (Å²) in [6.45, 7) is 3.53. The summed E-state index contributed by atoms with van der Waals surface area (Å²) in [6.07, 6.45) is 0.582. The van der Waals surface area contributed by atoms with Crippen LogP contribution >= 0.6 is 0 Å². The molecule has 1 atom stereocenters. The van der Waals surface area contributed by atoms with Gasteiger partial charge in [-0.1, -0.05) is 12.1 Å². The lowest BCUT2D eigenvalue weighted by atomic mass is 10.2. The fourth-order valence-electron chi connectivity index (χ4n) is 1.46. The molecule has 0 aromatic heterocycles. The van der Waals surface area contributed by atoms with Crippen molar-refractivity contribution in [3.8, 4) is 0 Å². The first-order chi connectivity index (χ1) is 7.59. The van der Waals surface area contributed by atoms with E-state index < -0.39 is 0 Å². The molecule has 1 aromatic carbocycles. The van der Waals surface area contributed by atoms with Gasteiger partial charge in [0.05, 0.1) is 6.10 Å². The van der Waals surface area contributed by atoms with Crippen LogP contribution in [0.2, 0.25) is 0 Å². The molecule has 3 nitrogen and oxygen atoms in total. The molecule has 2 N–H and O–H groups in total. The summed E-state index contributed by atoms with van der Waals surface area (Å²) in [7, 11) is 4.08. The van der Waals surface area contributed by atoms with E-state index in [1.165, 1.54) is 11.3 Å².